The average molecular weight is 489 g/mol. The van der Waals surface area contributed by atoms with E-state index in [-0.39, 0.29) is 30.0 Å². The molecule has 0 aromatic heterocycles. The zero-order valence-corrected chi connectivity index (χ0v) is 19.5. The van der Waals surface area contributed by atoms with Gasteiger partial charge in [0.15, 0.2) is 5.96 Å². The van der Waals surface area contributed by atoms with Crippen LogP contribution in [0.5, 0.6) is 0 Å². The summed E-state index contributed by atoms with van der Waals surface area (Å²) in [5.74, 6) is 0.832. The number of ether oxygens (including phenoxy) is 1. The Morgan fingerprint density at radius 1 is 1.15 bits per heavy atom. The van der Waals surface area contributed by atoms with Gasteiger partial charge in [0.25, 0.3) is 0 Å². The van der Waals surface area contributed by atoms with Crippen molar-refractivity contribution in [1.29, 1.82) is 0 Å². The van der Waals surface area contributed by atoms with Crippen LogP contribution >= 0.6 is 24.0 Å². The van der Waals surface area contributed by atoms with Crippen LogP contribution in [0.15, 0.2) is 29.3 Å². The van der Waals surface area contributed by atoms with Gasteiger partial charge < -0.3 is 20.3 Å². The maximum atomic E-state index is 5.17. The van der Waals surface area contributed by atoms with E-state index in [1.54, 1.807) is 7.11 Å². The number of likely N-dealkylation sites (N-methyl/N-ethyl adjacent to an activating group) is 1. The lowest BCUT2D eigenvalue weighted by atomic mass is 10.1. The molecule has 2 rings (SSSR count). The van der Waals surface area contributed by atoms with E-state index < -0.39 is 0 Å². The molecule has 0 saturated carbocycles. The van der Waals surface area contributed by atoms with Crippen LogP contribution in [-0.2, 0) is 17.8 Å². The first-order valence-electron chi connectivity index (χ1n) is 9.63. The first-order valence-corrected chi connectivity index (χ1v) is 9.63. The number of guanidine groups is 1. The van der Waals surface area contributed by atoms with Gasteiger partial charge in [0, 0.05) is 52.4 Å². The lowest BCUT2D eigenvalue weighted by molar-refractivity contribution is 0.148. The summed E-state index contributed by atoms with van der Waals surface area (Å²) in [7, 11) is 3.91. The minimum atomic E-state index is 0. The summed E-state index contributed by atoms with van der Waals surface area (Å²) in [6, 6.07) is 9.08. The molecule has 0 amide bonds. The molecule has 1 atom stereocenters. The molecule has 0 aliphatic carbocycles. The van der Waals surface area contributed by atoms with Crippen molar-refractivity contribution in [2.75, 3.05) is 53.5 Å². The predicted molar refractivity (Wildman–Crippen MR) is 124 cm³/mol. The fraction of sp³-hybridized carbons (Fsp3) is 0.650. The molecule has 0 bridgehead atoms. The van der Waals surface area contributed by atoms with Crippen LogP contribution in [0.1, 0.15) is 25.0 Å². The Kier molecular flexibility index (Phi) is 11.9. The van der Waals surface area contributed by atoms with Gasteiger partial charge in [-0.2, -0.15) is 0 Å². The van der Waals surface area contributed by atoms with E-state index in [4.69, 9.17) is 4.74 Å². The van der Waals surface area contributed by atoms with Gasteiger partial charge in [0.05, 0.1) is 13.2 Å². The van der Waals surface area contributed by atoms with Crippen LogP contribution in [-0.4, -0.2) is 75.3 Å². The molecule has 1 aromatic rings. The number of hydrogen-bond acceptors (Lipinski definition) is 4. The quantitative estimate of drug-likeness (QED) is 0.333. The Morgan fingerprint density at radius 2 is 1.78 bits per heavy atom. The van der Waals surface area contributed by atoms with Crippen LogP contribution < -0.4 is 10.6 Å². The molecule has 1 aliphatic heterocycles. The second kappa shape index (κ2) is 13.3. The van der Waals surface area contributed by atoms with Crippen molar-refractivity contribution in [1.82, 2.24) is 20.4 Å². The number of nitrogens with one attached hydrogen (secondary N) is 2. The number of hydrogen-bond donors (Lipinski definition) is 2. The summed E-state index contributed by atoms with van der Waals surface area (Å²) in [4.78, 5) is 9.60. The molecular weight excluding hydrogens is 453 g/mol. The molecule has 1 heterocycles. The van der Waals surface area contributed by atoms with Crippen LogP contribution in [0.3, 0.4) is 0 Å². The highest BCUT2D eigenvalue weighted by Crippen LogP contribution is 2.10. The highest BCUT2D eigenvalue weighted by Gasteiger charge is 2.13. The van der Waals surface area contributed by atoms with Crippen molar-refractivity contribution in [3.8, 4) is 0 Å². The monoisotopic (exact) mass is 489 g/mol. The van der Waals surface area contributed by atoms with Gasteiger partial charge in [-0.25, -0.2) is 4.99 Å². The highest BCUT2D eigenvalue weighted by atomic mass is 127. The number of benzene rings is 1. The van der Waals surface area contributed by atoms with E-state index in [1.807, 2.05) is 0 Å². The van der Waals surface area contributed by atoms with E-state index >= 15 is 0 Å². The summed E-state index contributed by atoms with van der Waals surface area (Å²) >= 11 is 0. The molecule has 1 aromatic carbocycles. The Morgan fingerprint density at radius 3 is 2.37 bits per heavy atom. The van der Waals surface area contributed by atoms with Gasteiger partial charge in [-0.3, -0.25) is 4.90 Å². The topological polar surface area (TPSA) is 52.1 Å². The summed E-state index contributed by atoms with van der Waals surface area (Å²) in [5.41, 5.74) is 2.60. The Hall–Kier alpha value is -0.900. The van der Waals surface area contributed by atoms with Crippen LogP contribution in [0.2, 0.25) is 0 Å². The van der Waals surface area contributed by atoms with Crippen LogP contribution in [0.4, 0.5) is 0 Å². The molecule has 1 fully saturated rings. The first kappa shape index (κ1) is 24.1. The van der Waals surface area contributed by atoms with Crippen molar-refractivity contribution >= 4 is 29.9 Å². The minimum absolute atomic E-state index is 0. The fourth-order valence-electron chi connectivity index (χ4n) is 3.03. The zero-order valence-electron chi connectivity index (χ0n) is 17.2. The Labute approximate surface area is 181 Å². The maximum Gasteiger partial charge on any atom is 0.191 e. The van der Waals surface area contributed by atoms with E-state index in [1.165, 1.54) is 11.1 Å². The van der Waals surface area contributed by atoms with Crippen molar-refractivity contribution in [2.24, 2.45) is 4.99 Å². The summed E-state index contributed by atoms with van der Waals surface area (Å²) < 4.78 is 5.17. The number of nitrogens with zero attached hydrogens (tertiary/aromatic N) is 3. The third-order valence-electron chi connectivity index (χ3n) is 4.59. The molecule has 7 heteroatoms. The molecule has 2 N–H and O–H groups in total. The molecule has 1 aliphatic rings. The average Bonchev–Trinajstić information content (AvgIpc) is 2.63. The molecule has 0 radical (unpaired) electrons. The second-order valence-corrected chi connectivity index (χ2v) is 7.09. The lowest BCUT2D eigenvalue weighted by Crippen LogP contribution is -2.44. The number of methoxy groups -OCH3 is 1. The Balaban J connectivity index is 0.00000364. The summed E-state index contributed by atoms with van der Waals surface area (Å²) in [5, 5.41) is 6.65. The molecular formula is C20H36IN5O. The van der Waals surface area contributed by atoms with Crippen LogP contribution in [0, 0.1) is 0 Å². The normalized spacial score (nSPS) is 17.3. The molecule has 0 spiro atoms. The number of piperazine rings is 1. The van der Waals surface area contributed by atoms with Gasteiger partial charge in [0.2, 0.25) is 0 Å². The van der Waals surface area contributed by atoms with E-state index in [2.05, 4.69) is 70.6 Å². The number of aliphatic imine (C=N–C) groups is 1. The molecule has 154 valence electrons. The SMILES string of the molecule is CCNC(=NCc1ccc(CN2CCN(C)CC2)cc1)NC(C)COC.I. The van der Waals surface area contributed by atoms with Gasteiger partial charge in [-0.05, 0) is 32.0 Å². The third-order valence-corrected chi connectivity index (χ3v) is 4.59. The largest absolute Gasteiger partial charge is 0.383 e. The predicted octanol–water partition coefficient (Wildman–Crippen LogP) is 2.14. The zero-order chi connectivity index (χ0) is 18.8. The van der Waals surface area contributed by atoms with Crippen molar-refractivity contribution < 1.29 is 4.74 Å². The molecule has 1 unspecified atom stereocenters. The van der Waals surface area contributed by atoms with Gasteiger partial charge in [-0.15, -0.1) is 24.0 Å². The summed E-state index contributed by atoms with van der Waals surface area (Å²) in [6.45, 7) is 12.0. The van der Waals surface area contributed by atoms with Crippen molar-refractivity contribution in [3.63, 3.8) is 0 Å². The number of rotatable bonds is 8. The number of halogens is 1. The van der Waals surface area contributed by atoms with E-state index in [0.29, 0.717) is 13.2 Å². The van der Waals surface area contributed by atoms with Gasteiger partial charge >= 0.3 is 0 Å². The maximum absolute atomic E-state index is 5.17. The van der Waals surface area contributed by atoms with Crippen molar-refractivity contribution in [2.45, 2.75) is 33.0 Å². The second-order valence-electron chi connectivity index (χ2n) is 7.09. The van der Waals surface area contributed by atoms with Crippen LogP contribution in [0.25, 0.3) is 0 Å². The highest BCUT2D eigenvalue weighted by molar-refractivity contribution is 14.0. The summed E-state index contributed by atoms with van der Waals surface area (Å²) in [6.07, 6.45) is 0. The lowest BCUT2D eigenvalue weighted by Gasteiger charge is -2.32. The minimum Gasteiger partial charge on any atom is -0.383 e. The van der Waals surface area contributed by atoms with Gasteiger partial charge in [0.1, 0.15) is 0 Å². The van der Waals surface area contributed by atoms with E-state index in [9.17, 15) is 0 Å². The molecule has 1 saturated heterocycles. The third kappa shape index (κ3) is 9.23. The molecule has 27 heavy (non-hydrogen) atoms. The Bertz CT molecular complexity index is 544. The van der Waals surface area contributed by atoms with Crippen molar-refractivity contribution in [3.05, 3.63) is 35.4 Å². The standard InChI is InChI=1S/C20H35N5O.HI/c1-5-21-20(23-17(2)16-26-4)22-14-18-6-8-19(9-7-18)15-25-12-10-24(3)11-13-25;/h6-9,17H,5,10-16H2,1-4H3,(H2,21,22,23);1H. The van der Waals surface area contributed by atoms with Gasteiger partial charge in [-0.1, -0.05) is 24.3 Å². The smallest absolute Gasteiger partial charge is 0.191 e. The first-order chi connectivity index (χ1) is 12.6. The van der Waals surface area contributed by atoms with E-state index in [0.717, 1.165) is 45.2 Å². The molecule has 6 nitrogen and oxygen atoms in total. The fourth-order valence-corrected chi connectivity index (χ4v) is 3.03.